The summed E-state index contributed by atoms with van der Waals surface area (Å²) in [5, 5.41) is 13.8. The van der Waals surface area contributed by atoms with Crippen LogP contribution in [0.1, 0.15) is 53.9 Å². The van der Waals surface area contributed by atoms with Gasteiger partial charge in [0.2, 0.25) is 5.91 Å². The number of carboxylic acid groups (broad SMARTS) is 1. The molecule has 24 heavy (non-hydrogen) atoms. The van der Waals surface area contributed by atoms with E-state index in [9.17, 15) is 19.5 Å². The highest BCUT2D eigenvalue weighted by atomic mass is 16.6. The summed E-state index contributed by atoms with van der Waals surface area (Å²) in [6, 6.07) is -0.980. The lowest BCUT2D eigenvalue weighted by molar-refractivity contribution is -0.309. The Bertz CT molecular complexity index is 464. The van der Waals surface area contributed by atoms with Crippen molar-refractivity contribution in [3.8, 4) is 0 Å². The summed E-state index contributed by atoms with van der Waals surface area (Å²) in [7, 11) is 0. The normalized spacial score (nSPS) is 18.6. The van der Waals surface area contributed by atoms with Crippen LogP contribution in [-0.2, 0) is 14.3 Å². The monoisotopic (exact) mass is 341 g/mol. The van der Waals surface area contributed by atoms with Gasteiger partial charge in [-0.1, -0.05) is 20.3 Å². The molecule has 0 spiro atoms. The van der Waals surface area contributed by atoms with Gasteiger partial charge in [-0.05, 0) is 39.5 Å². The van der Waals surface area contributed by atoms with Gasteiger partial charge in [-0.15, -0.1) is 0 Å². The topological polar surface area (TPSA) is 98.8 Å². The molecule has 0 unspecified atom stereocenters. The number of nitrogens with one attached hydrogen (secondary N) is 1. The molecule has 2 amide bonds. The van der Waals surface area contributed by atoms with Gasteiger partial charge in [-0.25, -0.2) is 4.79 Å². The molecule has 1 fully saturated rings. The number of carboxylic acids is 1. The van der Waals surface area contributed by atoms with E-state index in [1.807, 2.05) is 6.92 Å². The zero-order valence-corrected chi connectivity index (χ0v) is 15.3. The number of likely N-dealkylation sites (tertiary alicyclic amines) is 1. The summed E-state index contributed by atoms with van der Waals surface area (Å²) >= 11 is 0. The highest BCUT2D eigenvalue weighted by Gasteiger charge is 2.31. The van der Waals surface area contributed by atoms with Crippen molar-refractivity contribution in [2.45, 2.75) is 65.5 Å². The maximum Gasteiger partial charge on any atom is 0.410 e. The fourth-order valence-electron chi connectivity index (χ4n) is 2.59. The quantitative estimate of drug-likeness (QED) is 0.801. The van der Waals surface area contributed by atoms with Crippen LogP contribution < -0.4 is 10.4 Å². The number of hydrogen-bond acceptors (Lipinski definition) is 5. The van der Waals surface area contributed by atoms with E-state index >= 15 is 0 Å². The second kappa shape index (κ2) is 8.35. The summed E-state index contributed by atoms with van der Waals surface area (Å²) in [4.78, 5) is 37.1. The number of carbonyl (C=O) groups excluding carboxylic acids is 3. The van der Waals surface area contributed by atoms with E-state index in [0.29, 0.717) is 32.4 Å². The molecule has 2 atom stereocenters. The zero-order valence-electron chi connectivity index (χ0n) is 15.3. The third-order valence-electron chi connectivity index (χ3n) is 4.28. The van der Waals surface area contributed by atoms with E-state index in [1.54, 1.807) is 32.6 Å². The molecule has 138 valence electrons. The highest BCUT2D eigenvalue weighted by molar-refractivity contribution is 5.84. The molecule has 0 aromatic rings. The van der Waals surface area contributed by atoms with Crippen LogP contribution in [-0.4, -0.2) is 47.6 Å². The number of hydrogen-bond donors (Lipinski definition) is 1. The molecular weight excluding hydrogens is 312 g/mol. The Hall–Kier alpha value is -1.79. The lowest BCUT2D eigenvalue weighted by atomic mass is 9.94. The molecule has 1 rings (SSSR count). The molecule has 0 aromatic heterocycles. The third kappa shape index (κ3) is 6.02. The SMILES string of the molecule is CC[C@@H](C)[C@H](NC(=O)C1CCN(C(=O)OC(C)(C)C)CC1)C(=O)[O-]. The molecule has 1 aliphatic rings. The molecular formula is C17H29N2O5-. The maximum absolute atomic E-state index is 12.3. The van der Waals surface area contributed by atoms with Gasteiger partial charge in [-0.2, -0.15) is 0 Å². The number of carbonyl (C=O) groups is 3. The fraction of sp³-hybridized carbons (Fsp3) is 0.824. The molecule has 0 aromatic carbocycles. The van der Waals surface area contributed by atoms with Crippen LogP contribution in [0, 0.1) is 11.8 Å². The van der Waals surface area contributed by atoms with E-state index in [-0.39, 0.29) is 23.8 Å². The number of aliphatic carboxylic acids is 1. The van der Waals surface area contributed by atoms with Crippen molar-refractivity contribution in [1.82, 2.24) is 10.2 Å². The number of amides is 2. The Morgan fingerprint density at radius 3 is 2.21 bits per heavy atom. The van der Waals surface area contributed by atoms with Crippen LogP contribution in [0.25, 0.3) is 0 Å². The van der Waals surface area contributed by atoms with Crippen molar-refractivity contribution in [2.24, 2.45) is 11.8 Å². The Morgan fingerprint density at radius 1 is 1.25 bits per heavy atom. The molecule has 0 saturated carbocycles. The smallest absolute Gasteiger partial charge is 0.410 e. The Balaban J connectivity index is 2.53. The standard InChI is InChI=1S/C17H30N2O5/c1-6-11(2)13(15(21)22)18-14(20)12-7-9-19(10-8-12)16(23)24-17(3,4)5/h11-13H,6-10H2,1-5H3,(H,18,20)(H,21,22)/p-1/t11-,13+/m1/s1. The van der Waals surface area contributed by atoms with Crippen LogP contribution in [0.2, 0.25) is 0 Å². The fourth-order valence-corrected chi connectivity index (χ4v) is 2.59. The van der Waals surface area contributed by atoms with Crippen molar-refractivity contribution in [3.05, 3.63) is 0 Å². The summed E-state index contributed by atoms with van der Waals surface area (Å²) in [6.07, 6.45) is 1.24. The Morgan fingerprint density at radius 2 is 1.79 bits per heavy atom. The maximum atomic E-state index is 12.3. The average Bonchev–Trinajstić information content (AvgIpc) is 2.49. The predicted octanol–water partition coefficient (Wildman–Crippen LogP) is 0.914. The molecule has 0 radical (unpaired) electrons. The first kappa shape index (κ1) is 20.3. The summed E-state index contributed by atoms with van der Waals surface area (Å²) in [5.41, 5.74) is -0.552. The van der Waals surface area contributed by atoms with Crippen molar-refractivity contribution in [1.29, 1.82) is 0 Å². The zero-order chi connectivity index (χ0) is 18.5. The Labute approximate surface area is 143 Å². The third-order valence-corrected chi connectivity index (χ3v) is 4.28. The van der Waals surface area contributed by atoms with E-state index < -0.39 is 17.6 Å². The average molecular weight is 341 g/mol. The summed E-state index contributed by atoms with van der Waals surface area (Å²) < 4.78 is 5.32. The number of nitrogens with zero attached hydrogens (tertiary/aromatic N) is 1. The predicted molar refractivity (Wildman–Crippen MR) is 86.9 cm³/mol. The van der Waals surface area contributed by atoms with Gasteiger partial charge in [0, 0.05) is 19.0 Å². The lowest BCUT2D eigenvalue weighted by Crippen LogP contribution is -2.54. The Kier molecular flexibility index (Phi) is 7.05. The number of rotatable bonds is 5. The van der Waals surface area contributed by atoms with Gasteiger partial charge < -0.3 is 24.9 Å². The second-order valence-corrected chi connectivity index (χ2v) is 7.43. The van der Waals surface area contributed by atoms with E-state index in [4.69, 9.17) is 4.74 Å². The number of piperidine rings is 1. The first-order valence-electron chi connectivity index (χ1n) is 8.54. The van der Waals surface area contributed by atoms with Gasteiger partial charge in [0.15, 0.2) is 0 Å². The van der Waals surface area contributed by atoms with Crippen LogP contribution in [0.15, 0.2) is 0 Å². The molecule has 0 aliphatic carbocycles. The highest BCUT2D eigenvalue weighted by Crippen LogP contribution is 2.20. The molecule has 1 heterocycles. The molecule has 0 bridgehead atoms. The van der Waals surface area contributed by atoms with Gasteiger partial charge in [0.05, 0.1) is 12.0 Å². The van der Waals surface area contributed by atoms with Crippen molar-refractivity contribution in [2.75, 3.05) is 13.1 Å². The van der Waals surface area contributed by atoms with Crippen LogP contribution in [0.5, 0.6) is 0 Å². The molecule has 7 nitrogen and oxygen atoms in total. The summed E-state index contributed by atoms with van der Waals surface area (Å²) in [6.45, 7) is 9.90. The minimum atomic E-state index is -1.26. The van der Waals surface area contributed by atoms with E-state index in [2.05, 4.69) is 5.32 Å². The summed E-state index contributed by atoms with van der Waals surface area (Å²) in [5.74, 6) is -2.03. The van der Waals surface area contributed by atoms with Gasteiger partial charge in [0.1, 0.15) is 5.60 Å². The molecule has 7 heteroatoms. The van der Waals surface area contributed by atoms with E-state index in [1.165, 1.54) is 0 Å². The minimum Gasteiger partial charge on any atom is -0.548 e. The second-order valence-electron chi connectivity index (χ2n) is 7.43. The lowest BCUT2D eigenvalue weighted by Gasteiger charge is -2.34. The van der Waals surface area contributed by atoms with Crippen molar-refractivity contribution < 1.29 is 24.2 Å². The van der Waals surface area contributed by atoms with Gasteiger partial charge >= 0.3 is 6.09 Å². The van der Waals surface area contributed by atoms with Crippen molar-refractivity contribution in [3.63, 3.8) is 0 Å². The van der Waals surface area contributed by atoms with Crippen LogP contribution in [0.3, 0.4) is 0 Å². The molecule has 1 saturated heterocycles. The van der Waals surface area contributed by atoms with Crippen molar-refractivity contribution >= 4 is 18.0 Å². The first-order chi connectivity index (χ1) is 11.0. The van der Waals surface area contributed by atoms with E-state index in [0.717, 1.165) is 0 Å². The largest absolute Gasteiger partial charge is 0.548 e. The molecule has 1 aliphatic heterocycles. The van der Waals surface area contributed by atoms with Gasteiger partial charge in [-0.3, -0.25) is 4.79 Å². The van der Waals surface area contributed by atoms with Crippen LogP contribution in [0.4, 0.5) is 4.79 Å². The minimum absolute atomic E-state index is 0.194. The van der Waals surface area contributed by atoms with Crippen LogP contribution >= 0.6 is 0 Å². The van der Waals surface area contributed by atoms with Gasteiger partial charge in [0.25, 0.3) is 0 Å². The number of ether oxygens (including phenoxy) is 1. The first-order valence-corrected chi connectivity index (χ1v) is 8.54. The molecule has 1 N–H and O–H groups in total.